The van der Waals surface area contributed by atoms with Crippen LogP contribution in [0.2, 0.25) is 0 Å². The Morgan fingerprint density at radius 2 is 2.28 bits per heavy atom. The molecule has 8 heteroatoms. The number of aromatic nitrogens is 4. The molecule has 0 saturated heterocycles. The van der Waals surface area contributed by atoms with Gasteiger partial charge in [0.2, 0.25) is 0 Å². The van der Waals surface area contributed by atoms with Gasteiger partial charge >= 0.3 is 5.76 Å². The standard InChI is InChI=1S/C10H7N5O3/c16-9(7-4-11-15-14-7)12-5-1-2-8-6(3-5)13-10(17)18-8/h1-4H,(H,12,16)(H,13,17)(H,11,14,15). The van der Waals surface area contributed by atoms with Gasteiger partial charge in [0, 0.05) is 5.69 Å². The molecule has 1 amide bonds. The van der Waals surface area contributed by atoms with Crippen LogP contribution in [0.4, 0.5) is 5.69 Å². The van der Waals surface area contributed by atoms with Crippen molar-refractivity contribution in [2.75, 3.05) is 5.32 Å². The SMILES string of the molecule is O=C(Nc1ccc2oc(=O)[nH]c2c1)c1cn[nH]n1. The molecule has 0 aliphatic carbocycles. The Morgan fingerprint density at radius 3 is 3.06 bits per heavy atom. The maximum Gasteiger partial charge on any atom is 0.417 e. The summed E-state index contributed by atoms with van der Waals surface area (Å²) in [4.78, 5) is 25.2. The number of H-pyrrole nitrogens is 2. The molecule has 0 fully saturated rings. The van der Waals surface area contributed by atoms with Gasteiger partial charge < -0.3 is 9.73 Å². The Labute approximate surface area is 99.0 Å². The van der Waals surface area contributed by atoms with Gasteiger partial charge in [-0.1, -0.05) is 0 Å². The lowest BCUT2D eigenvalue weighted by Crippen LogP contribution is -2.12. The van der Waals surface area contributed by atoms with Gasteiger partial charge in [-0.3, -0.25) is 9.78 Å². The van der Waals surface area contributed by atoms with Gasteiger partial charge in [0.25, 0.3) is 5.91 Å². The van der Waals surface area contributed by atoms with E-state index in [4.69, 9.17) is 4.42 Å². The number of nitrogens with one attached hydrogen (secondary N) is 3. The van der Waals surface area contributed by atoms with Crippen molar-refractivity contribution in [1.82, 2.24) is 20.4 Å². The molecule has 0 aliphatic rings. The Hall–Kier alpha value is -2.90. The van der Waals surface area contributed by atoms with Crippen LogP contribution in [-0.2, 0) is 0 Å². The molecule has 2 heterocycles. The quantitative estimate of drug-likeness (QED) is 0.607. The van der Waals surface area contributed by atoms with E-state index in [1.165, 1.54) is 6.20 Å². The highest BCUT2D eigenvalue weighted by molar-refractivity contribution is 6.03. The zero-order valence-corrected chi connectivity index (χ0v) is 8.93. The van der Waals surface area contributed by atoms with Crippen molar-refractivity contribution in [2.45, 2.75) is 0 Å². The first kappa shape index (κ1) is 10.3. The van der Waals surface area contributed by atoms with Crippen LogP contribution in [0.25, 0.3) is 11.1 Å². The largest absolute Gasteiger partial charge is 0.417 e. The molecule has 2 aromatic heterocycles. The van der Waals surface area contributed by atoms with Gasteiger partial charge in [0.05, 0.1) is 11.7 Å². The van der Waals surface area contributed by atoms with E-state index in [1.807, 2.05) is 0 Å². The number of oxazole rings is 1. The molecule has 1 aromatic carbocycles. The second-order valence-electron chi connectivity index (χ2n) is 3.53. The maximum atomic E-state index is 11.7. The molecule has 18 heavy (non-hydrogen) atoms. The van der Waals surface area contributed by atoms with Gasteiger partial charge in [0.1, 0.15) is 0 Å². The number of carbonyl (C=O) groups excluding carboxylic acids is 1. The first-order valence-corrected chi connectivity index (χ1v) is 5.02. The number of amides is 1. The molecule has 0 atom stereocenters. The Balaban J connectivity index is 1.91. The molecule has 3 N–H and O–H groups in total. The Bertz CT molecular complexity index is 755. The Morgan fingerprint density at radius 1 is 1.39 bits per heavy atom. The first-order valence-electron chi connectivity index (χ1n) is 5.02. The number of benzene rings is 1. The summed E-state index contributed by atoms with van der Waals surface area (Å²) in [6.45, 7) is 0. The highest BCUT2D eigenvalue weighted by atomic mass is 16.4. The lowest BCUT2D eigenvalue weighted by atomic mass is 10.3. The van der Waals surface area contributed by atoms with Crippen molar-refractivity contribution >= 4 is 22.7 Å². The normalized spacial score (nSPS) is 10.7. The van der Waals surface area contributed by atoms with Crippen molar-refractivity contribution in [1.29, 1.82) is 0 Å². The second-order valence-corrected chi connectivity index (χ2v) is 3.53. The molecular formula is C10H7N5O3. The summed E-state index contributed by atoms with van der Waals surface area (Å²) in [6.07, 6.45) is 1.31. The van der Waals surface area contributed by atoms with Crippen LogP contribution in [0.1, 0.15) is 10.5 Å². The van der Waals surface area contributed by atoms with Crippen LogP contribution < -0.4 is 11.1 Å². The van der Waals surface area contributed by atoms with Crippen LogP contribution in [0.5, 0.6) is 0 Å². The van der Waals surface area contributed by atoms with Crippen LogP contribution in [0.15, 0.2) is 33.6 Å². The highest BCUT2D eigenvalue weighted by Gasteiger charge is 2.09. The van der Waals surface area contributed by atoms with Gasteiger partial charge in [-0.2, -0.15) is 15.4 Å². The molecule has 0 bridgehead atoms. The van der Waals surface area contributed by atoms with E-state index in [9.17, 15) is 9.59 Å². The molecule has 0 aliphatic heterocycles. The van der Waals surface area contributed by atoms with Crippen LogP contribution in [0, 0.1) is 0 Å². The molecule has 0 saturated carbocycles. The minimum atomic E-state index is -0.537. The van der Waals surface area contributed by atoms with Crippen molar-refractivity contribution in [3.05, 3.63) is 40.6 Å². The summed E-state index contributed by atoms with van der Waals surface area (Å²) in [6, 6.07) is 4.81. The van der Waals surface area contributed by atoms with Crippen molar-refractivity contribution in [3.8, 4) is 0 Å². The summed E-state index contributed by atoms with van der Waals surface area (Å²) in [5.74, 6) is -0.932. The number of hydrogen-bond acceptors (Lipinski definition) is 5. The van der Waals surface area contributed by atoms with Gasteiger partial charge in [0.15, 0.2) is 11.3 Å². The summed E-state index contributed by atoms with van der Waals surface area (Å²) in [7, 11) is 0. The maximum absolute atomic E-state index is 11.7. The number of hydrogen-bond donors (Lipinski definition) is 3. The van der Waals surface area contributed by atoms with Crippen molar-refractivity contribution < 1.29 is 9.21 Å². The topological polar surface area (TPSA) is 117 Å². The van der Waals surface area contributed by atoms with E-state index in [2.05, 4.69) is 25.7 Å². The molecule has 8 nitrogen and oxygen atoms in total. The van der Waals surface area contributed by atoms with Gasteiger partial charge in [-0.25, -0.2) is 4.79 Å². The third-order valence-electron chi connectivity index (χ3n) is 2.32. The molecule has 0 spiro atoms. The minimum Gasteiger partial charge on any atom is -0.408 e. The minimum absolute atomic E-state index is 0.177. The number of fused-ring (bicyclic) bond motifs is 1. The third kappa shape index (κ3) is 1.75. The van der Waals surface area contributed by atoms with E-state index in [-0.39, 0.29) is 5.69 Å². The van der Waals surface area contributed by atoms with Crippen molar-refractivity contribution in [3.63, 3.8) is 0 Å². The molecular weight excluding hydrogens is 238 g/mol. The average molecular weight is 245 g/mol. The predicted octanol–water partition coefficient (Wildman–Crippen LogP) is 0.491. The number of aromatic amines is 2. The van der Waals surface area contributed by atoms with E-state index >= 15 is 0 Å². The fourth-order valence-corrected chi connectivity index (χ4v) is 1.54. The van der Waals surface area contributed by atoms with E-state index < -0.39 is 11.7 Å². The molecule has 3 aromatic rings. The third-order valence-corrected chi connectivity index (χ3v) is 2.32. The monoisotopic (exact) mass is 245 g/mol. The second kappa shape index (κ2) is 3.84. The average Bonchev–Trinajstić information content (AvgIpc) is 2.95. The lowest BCUT2D eigenvalue weighted by molar-refractivity contribution is 0.102. The van der Waals surface area contributed by atoms with Crippen molar-refractivity contribution in [2.24, 2.45) is 0 Å². The van der Waals surface area contributed by atoms with E-state index in [1.54, 1.807) is 18.2 Å². The summed E-state index contributed by atoms with van der Waals surface area (Å²) in [5.41, 5.74) is 1.64. The fraction of sp³-hybridized carbons (Fsp3) is 0. The van der Waals surface area contributed by atoms with Gasteiger partial charge in [-0.05, 0) is 18.2 Å². The molecule has 3 rings (SSSR count). The summed E-state index contributed by atoms with van der Waals surface area (Å²) < 4.78 is 4.85. The van der Waals surface area contributed by atoms with Crippen LogP contribution in [-0.4, -0.2) is 26.3 Å². The first-order chi connectivity index (χ1) is 8.72. The number of rotatable bonds is 2. The zero-order valence-electron chi connectivity index (χ0n) is 8.93. The van der Waals surface area contributed by atoms with E-state index in [0.717, 1.165) is 0 Å². The Kier molecular flexibility index (Phi) is 2.19. The number of nitrogens with zero attached hydrogens (tertiary/aromatic N) is 2. The van der Waals surface area contributed by atoms with Gasteiger partial charge in [-0.15, -0.1) is 0 Å². The number of carbonyl (C=O) groups is 1. The smallest absolute Gasteiger partial charge is 0.408 e. The summed E-state index contributed by atoms with van der Waals surface area (Å²) in [5, 5.41) is 12.2. The molecule has 90 valence electrons. The predicted molar refractivity (Wildman–Crippen MR) is 61.2 cm³/mol. The lowest BCUT2D eigenvalue weighted by Gasteiger charge is -2.01. The number of anilines is 1. The summed E-state index contributed by atoms with van der Waals surface area (Å²) >= 11 is 0. The van der Waals surface area contributed by atoms with Crippen LogP contribution in [0.3, 0.4) is 0 Å². The highest BCUT2D eigenvalue weighted by Crippen LogP contribution is 2.16. The van der Waals surface area contributed by atoms with Crippen LogP contribution >= 0.6 is 0 Å². The molecule has 0 radical (unpaired) electrons. The fourth-order valence-electron chi connectivity index (χ4n) is 1.54. The molecule has 0 unspecified atom stereocenters. The van der Waals surface area contributed by atoms with E-state index in [0.29, 0.717) is 16.8 Å². The zero-order chi connectivity index (χ0) is 12.5.